The van der Waals surface area contributed by atoms with Crippen LogP contribution in [0.3, 0.4) is 0 Å². The molecule has 0 spiro atoms. The molecule has 1 saturated heterocycles. The second-order valence-corrected chi connectivity index (χ2v) is 17.3. The molecule has 5 nitrogen and oxygen atoms in total. The lowest BCUT2D eigenvalue weighted by molar-refractivity contribution is -0.121. The largest absolute Gasteiger partial charge is 0.378 e. The second-order valence-electron chi connectivity index (χ2n) is 11.9. The quantitative estimate of drug-likeness (QED) is 0.136. The number of anilines is 1. The van der Waals surface area contributed by atoms with Crippen molar-refractivity contribution in [2.45, 2.75) is 110 Å². The van der Waals surface area contributed by atoms with Crippen molar-refractivity contribution < 1.29 is 14.7 Å². The third-order valence-corrected chi connectivity index (χ3v) is 13.7. The molecule has 2 aliphatic heterocycles. The first kappa shape index (κ1) is 35.6. The van der Waals surface area contributed by atoms with E-state index in [0.29, 0.717) is 31.5 Å². The van der Waals surface area contributed by atoms with Gasteiger partial charge in [0.25, 0.3) is 0 Å². The van der Waals surface area contributed by atoms with Gasteiger partial charge in [-0.25, -0.2) is 0 Å². The summed E-state index contributed by atoms with van der Waals surface area (Å²) >= 11 is 7.28. The summed E-state index contributed by atoms with van der Waals surface area (Å²) in [7, 11) is 0. The molecule has 0 bridgehead atoms. The van der Waals surface area contributed by atoms with Gasteiger partial charge in [-0.1, -0.05) is 68.5 Å². The smallest absolute Gasteiger partial charge is 0.224 e. The van der Waals surface area contributed by atoms with E-state index in [-0.39, 0.29) is 11.8 Å². The van der Waals surface area contributed by atoms with Crippen molar-refractivity contribution in [3.63, 3.8) is 0 Å². The monoisotopic (exact) mass is 674 g/mol. The lowest BCUT2D eigenvalue weighted by atomic mass is 9.82. The topological polar surface area (TPSA) is 78.4 Å². The van der Waals surface area contributed by atoms with Crippen molar-refractivity contribution in [3.05, 3.63) is 53.6 Å². The number of rotatable bonds is 18. The van der Waals surface area contributed by atoms with E-state index < -0.39 is 9.68 Å². The maximum Gasteiger partial charge on any atom is 0.224 e. The molecule has 0 saturated carbocycles. The van der Waals surface area contributed by atoms with E-state index in [9.17, 15) is 14.7 Å². The van der Waals surface area contributed by atoms with Crippen LogP contribution in [0.2, 0.25) is 0 Å². The van der Waals surface area contributed by atoms with Crippen molar-refractivity contribution in [2.75, 3.05) is 35.4 Å². The molecule has 2 aliphatic rings. The van der Waals surface area contributed by atoms with Crippen molar-refractivity contribution in [3.8, 4) is 0 Å². The van der Waals surface area contributed by atoms with Gasteiger partial charge in [-0.15, -0.1) is 23.5 Å². The SMILES string of the molecule is CSCCCCCCCCCCC(=O)NCCCCC(=O)Nc1ccc2c(c1)C(O)(C1(C)SCCCS1)c1ccccc1S2. The Morgan fingerprint density at radius 1 is 0.818 bits per heavy atom. The Morgan fingerprint density at radius 3 is 2.20 bits per heavy atom. The van der Waals surface area contributed by atoms with Crippen LogP contribution in [0.1, 0.15) is 102 Å². The lowest BCUT2D eigenvalue weighted by Crippen LogP contribution is -2.49. The maximum atomic E-state index is 12.8. The molecule has 2 amide bonds. The number of carbonyl (C=O) groups excluding carboxylic acids is 2. The van der Waals surface area contributed by atoms with Gasteiger partial charge in [0.2, 0.25) is 11.8 Å². The molecule has 44 heavy (non-hydrogen) atoms. The van der Waals surface area contributed by atoms with Crippen molar-refractivity contribution in [1.82, 2.24) is 5.32 Å². The van der Waals surface area contributed by atoms with Crippen molar-refractivity contribution >= 4 is 64.5 Å². The third kappa shape index (κ3) is 9.63. The van der Waals surface area contributed by atoms with Crippen LogP contribution in [0.4, 0.5) is 5.69 Å². The minimum atomic E-state index is -1.17. The number of fused-ring (bicyclic) bond motifs is 2. The predicted octanol–water partition coefficient (Wildman–Crippen LogP) is 9.07. The first-order chi connectivity index (χ1) is 21.4. The Morgan fingerprint density at radius 2 is 1.45 bits per heavy atom. The van der Waals surface area contributed by atoms with Gasteiger partial charge >= 0.3 is 0 Å². The number of aliphatic hydroxyl groups is 1. The summed E-state index contributed by atoms with van der Waals surface area (Å²) in [5, 5.41) is 18.7. The van der Waals surface area contributed by atoms with Gasteiger partial charge in [0.05, 0.1) is 4.08 Å². The molecular weight excluding hydrogens is 625 g/mol. The van der Waals surface area contributed by atoms with E-state index in [1.54, 1.807) is 11.8 Å². The number of benzene rings is 2. The molecule has 9 heteroatoms. The zero-order valence-electron chi connectivity index (χ0n) is 26.5. The molecule has 1 unspecified atom stereocenters. The molecule has 0 aromatic heterocycles. The van der Waals surface area contributed by atoms with Gasteiger partial charge in [0.15, 0.2) is 0 Å². The number of thioether (sulfide) groups is 3. The minimum Gasteiger partial charge on any atom is -0.378 e. The Kier molecular flexibility index (Phi) is 14.7. The van der Waals surface area contributed by atoms with Gasteiger partial charge in [-0.05, 0) is 86.8 Å². The fourth-order valence-electron chi connectivity index (χ4n) is 5.97. The summed E-state index contributed by atoms with van der Waals surface area (Å²) in [5.41, 5.74) is 1.35. The fourth-order valence-corrected chi connectivity index (χ4v) is 10.9. The minimum absolute atomic E-state index is 0.0411. The molecular formula is C35H50N2O3S4. The number of hydrogen-bond acceptors (Lipinski definition) is 7. The van der Waals surface area contributed by atoms with Gasteiger partial charge in [0, 0.05) is 46.0 Å². The highest BCUT2D eigenvalue weighted by molar-refractivity contribution is 8.18. The van der Waals surface area contributed by atoms with Gasteiger partial charge < -0.3 is 15.7 Å². The summed E-state index contributed by atoms with van der Waals surface area (Å²) in [6.45, 7) is 2.78. The summed E-state index contributed by atoms with van der Waals surface area (Å²) in [6, 6.07) is 14.1. The van der Waals surface area contributed by atoms with Crippen LogP contribution in [0, 0.1) is 0 Å². The molecule has 242 valence electrons. The molecule has 1 fully saturated rings. The van der Waals surface area contributed by atoms with Crippen molar-refractivity contribution in [1.29, 1.82) is 0 Å². The van der Waals surface area contributed by atoms with E-state index in [1.807, 2.05) is 71.7 Å². The highest BCUT2D eigenvalue weighted by Crippen LogP contribution is 2.61. The second kappa shape index (κ2) is 18.2. The van der Waals surface area contributed by atoms with E-state index >= 15 is 0 Å². The molecule has 0 aliphatic carbocycles. The molecule has 1 atom stereocenters. The van der Waals surface area contributed by atoms with E-state index in [1.165, 1.54) is 44.3 Å². The average molecular weight is 675 g/mol. The number of unbranched alkanes of at least 4 members (excludes halogenated alkanes) is 8. The van der Waals surface area contributed by atoms with Crippen LogP contribution in [0.5, 0.6) is 0 Å². The standard InChI is InChI=1S/C35H50N2O3S4/c1-34(42-24-15-25-43-34)35(40)28-16-10-11-17-30(28)44-31-21-20-27(26-29(31)35)37-33(39)19-12-13-22-36-32(38)18-9-7-5-3-4-6-8-14-23-41-2/h10-11,16-17,20-21,26,40H,3-9,12-15,18-19,22-25H2,1-2H3,(H,36,38)(H,37,39). The average Bonchev–Trinajstić information content (AvgIpc) is 3.02. The van der Waals surface area contributed by atoms with Crippen LogP contribution < -0.4 is 10.6 Å². The number of hydrogen-bond donors (Lipinski definition) is 3. The summed E-state index contributed by atoms with van der Waals surface area (Å²) in [5.74, 6) is 3.39. The fraction of sp³-hybridized carbons (Fsp3) is 0.600. The number of carbonyl (C=O) groups is 2. The maximum absolute atomic E-state index is 12.8. The Labute approximate surface area is 282 Å². The van der Waals surface area contributed by atoms with Gasteiger partial charge in [-0.2, -0.15) is 11.8 Å². The molecule has 0 radical (unpaired) electrons. The Hall–Kier alpha value is -1.26. The van der Waals surface area contributed by atoms with Gasteiger partial charge in [-0.3, -0.25) is 9.59 Å². The molecule has 4 rings (SSSR count). The number of nitrogens with one attached hydrogen (secondary N) is 2. The zero-order chi connectivity index (χ0) is 31.3. The summed E-state index contributed by atoms with van der Waals surface area (Å²) < 4.78 is -0.433. The van der Waals surface area contributed by atoms with Crippen LogP contribution in [-0.4, -0.2) is 51.1 Å². The van der Waals surface area contributed by atoms with Crippen LogP contribution in [0.15, 0.2) is 52.3 Å². The van der Waals surface area contributed by atoms with E-state index in [0.717, 1.165) is 58.1 Å². The summed E-state index contributed by atoms with van der Waals surface area (Å²) in [6.07, 6.45) is 15.7. The van der Waals surface area contributed by atoms with Gasteiger partial charge in [0.1, 0.15) is 5.60 Å². The van der Waals surface area contributed by atoms with E-state index in [2.05, 4.69) is 29.9 Å². The highest BCUT2D eigenvalue weighted by atomic mass is 32.2. The normalized spacial score (nSPS) is 18.7. The van der Waals surface area contributed by atoms with Crippen molar-refractivity contribution in [2.24, 2.45) is 0 Å². The Balaban J connectivity index is 1.18. The van der Waals surface area contributed by atoms with E-state index in [4.69, 9.17) is 0 Å². The molecule has 3 N–H and O–H groups in total. The lowest BCUT2D eigenvalue weighted by Gasteiger charge is -2.49. The van der Waals surface area contributed by atoms with Crippen LogP contribution in [0.25, 0.3) is 0 Å². The van der Waals surface area contributed by atoms with Crippen LogP contribution in [-0.2, 0) is 15.2 Å². The highest BCUT2D eigenvalue weighted by Gasteiger charge is 2.54. The summed E-state index contributed by atoms with van der Waals surface area (Å²) in [4.78, 5) is 27.1. The zero-order valence-corrected chi connectivity index (χ0v) is 29.7. The first-order valence-corrected chi connectivity index (χ1v) is 20.5. The molecule has 2 aromatic carbocycles. The predicted molar refractivity (Wildman–Crippen MR) is 193 cm³/mol. The Bertz CT molecular complexity index is 1220. The first-order valence-electron chi connectivity index (χ1n) is 16.3. The van der Waals surface area contributed by atoms with Crippen LogP contribution >= 0.6 is 47.0 Å². The molecule has 2 aromatic rings. The number of amides is 2. The third-order valence-electron chi connectivity index (χ3n) is 8.51. The molecule has 2 heterocycles.